The van der Waals surface area contributed by atoms with Crippen LogP contribution >= 0.6 is 0 Å². The number of likely N-dealkylation sites (tertiary alicyclic amines) is 1. The molecule has 0 aromatic carbocycles. The zero-order chi connectivity index (χ0) is 20.0. The molecule has 0 saturated carbocycles. The fourth-order valence-electron chi connectivity index (χ4n) is 2.47. The molecule has 0 aliphatic carbocycles. The van der Waals surface area contributed by atoms with Crippen molar-refractivity contribution in [1.82, 2.24) is 15.5 Å². The summed E-state index contributed by atoms with van der Waals surface area (Å²) in [5, 5.41) is 4.38. The third-order valence-corrected chi connectivity index (χ3v) is 3.78. The Morgan fingerprint density at radius 1 is 1.08 bits per heavy atom. The molecular formula is C16H26F3N3O4. The summed E-state index contributed by atoms with van der Waals surface area (Å²) in [7, 11) is 0. The average molecular weight is 381 g/mol. The Hall–Kier alpha value is -2.00. The quantitative estimate of drug-likeness (QED) is 0.760. The van der Waals surface area contributed by atoms with Gasteiger partial charge in [-0.25, -0.2) is 4.79 Å². The number of ether oxygens (including phenoxy) is 1. The molecule has 7 nitrogen and oxygen atoms in total. The number of alkyl halides is 3. The lowest BCUT2D eigenvalue weighted by Gasteiger charge is -2.32. The molecule has 1 aliphatic heterocycles. The maximum absolute atomic E-state index is 12.1. The second-order valence-electron chi connectivity index (χ2n) is 7.21. The van der Waals surface area contributed by atoms with E-state index in [1.807, 2.05) is 5.32 Å². The smallest absolute Gasteiger partial charge is 0.444 e. The standard InChI is InChI=1S/C16H26F3N3O4/c1-15(2,3)26-14(25)20-7-4-12(23)22-8-5-11(6-9-22)10-21-13(24)16(17,18)19/h11H,4-10H2,1-3H3,(H,20,25)(H,21,24). The first-order valence-electron chi connectivity index (χ1n) is 8.48. The van der Waals surface area contributed by atoms with E-state index in [4.69, 9.17) is 4.74 Å². The van der Waals surface area contributed by atoms with Gasteiger partial charge in [-0.15, -0.1) is 0 Å². The first-order valence-corrected chi connectivity index (χ1v) is 8.48. The predicted molar refractivity (Wildman–Crippen MR) is 87.2 cm³/mol. The minimum absolute atomic E-state index is 0.0550. The number of hydrogen-bond donors (Lipinski definition) is 2. The zero-order valence-corrected chi connectivity index (χ0v) is 15.2. The average Bonchev–Trinajstić information content (AvgIpc) is 2.50. The van der Waals surface area contributed by atoms with E-state index in [9.17, 15) is 27.6 Å². The summed E-state index contributed by atoms with van der Waals surface area (Å²) >= 11 is 0. The highest BCUT2D eigenvalue weighted by Crippen LogP contribution is 2.19. The van der Waals surface area contributed by atoms with Crippen molar-refractivity contribution >= 4 is 17.9 Å². The molecule has 1 saturated heterocycles. The number of rotatable bonds is 5. The molecule has 0 atom stereocenters. The van der Waals surface area contributed by atoms with Gasteiger partial charge in [0.25, 0.3) is 0 Å². The van der Waals surface area contributed by atoms with E-state index in [1.54, 1.807) is 25.7 Å². The van der Waals surface area contributed by atoms with Crippen molar-refractivity contribution in [3.05, 3.63) is 0 Å². The molecular weight excluding hydrogens is 355 g/mol. The van der Waals surface area contributed by atoms with Crippen LogP contribution < -0.4 is 10.6 Å². The van der Waals surface area contributed by atoms with E-state index in [0.29, 0.717) is 25.9 Å². The van der Waals surface area contributed by atoms with Gasteiger partial charge in [0.1, 0.15) is 5.60 Å². The molecule has 1 rings (SSSR count). The Morgan fingerprint density at radius 3 is 2.15 bits per heavy atom. The van der Waals surface area contributed by atoms with Crippen LogP contribution in [0.2, 0.25) is 0 Å². The second-order valence-corrected chi connectivity index (χ2v) is 7.21. The molecule has 0 aromatic rings. The van der Waals surface area contributed by atoms with Crippen LogP contribution in [0.25, 0.3) is 0 Å². The minimum atomic E-state index is -4.88. The molecule has 10 heteroatoms. The fourth-order valence-corrected chi connectivity index (χ4v) is 2.47. The van der Waals surface area contributed by atoms with Crippen LogP contribution in [0.1, 0.15) is 40.0 Å². The van der Waals surface area contributed by atoms with Crippen LogP contribution in [-0.2, 0) is 14.3 Å². The molecule has 0 bridgehead atoms. The molecule has 1 fully saturated rings. The molecule has 0 radical (unpaired) electrons. The molecule has 2 N–H and O–H groups in total. The molecule has 3 amide bonds. The molecule has 0 aromatic heterocycles. The molecule has 1 heterocycles. The van der Waals surface area contributed by atoms with Crippen molar-refractivity contribution in [1.29, 1.82) is 0 Å². The van der Waals surface area contributed by atoms with Gasteiger partial charge >= 0.3 is 18.2 Å². The number of carbonyl (C=O) groups excluding carboxylic acids is 3. The van der Waals surface area contributed by atoms with Gasteiger partial charge in [0.05, 0.1) is 0 Å². The number of amides is 3. The Morgan fingerprint density at radius 2 is 1.65 bits per heavy atom. The lowest BCUT2D eigenvalue weighted by molar-refractivity contribution is -0.173. The molecule has 150 valence electrons. The highest BCUT2D eigenvalue weighted by Gasteiger charge is 2.38. The maximum Gasteiger partial charge on any atom is 0.471 e. The van der Waals surface area contributed by atoms with Gasteiger partial charge in [0.15, 0.2) is 0 Å². The SMILES string of the molecule is CC(C)(C)OC(=O)NCCC(=O)N1CCC(CNC(=O)C(F)(F)F)CC1. The first-order chi connectivity index (χ1) is 11.9. The van der Waals surface area contributed by atoms with Crippen molar-refractivity contribution in [2.24, 2.45) is 5.92 Å². The first kappa shape index (κ1) is 22.0. The molecule has 26 heavy (non-hydrogen) atoms. The minimum Gasteiger partial charge on any atom is -0.444 e. The van der Waals surface area contributed by atoms with Crippen molar-refractivity contribution < 1.29 is 32.3 Å². The van der Waals surface area contributed by atoms with Crippen LogP contribution in [0.3, 0.4) is 0 Å². The summed E-state index contributed by atoms with van der Waals surface area (Å²) in [4.78, 5) is 36.0. The van der Waals surface area contributed by atoms with Gasteiger partial charge in [0, 0.05) is 32.6 Å². The van der Waals surface area contributed by atoms with Crippen molar-refractivity contribution in [2.45, 2.75) is 51.8 Å². The predicted octanol–water partition coefficient (Wildman–Crippen LogP) is 1.82. The number of hydrogen-bond acceptors (Lipinski definition) is 4. The molecule has 0 unspecified atom stereocenters. The second kappa shape index (κ2) is 9.09. The number of nitrogens with one attached hydrogen (secondary N) is 2. The lowest BCUT2D eigenvalue weighted by atomic mass is 9.96. The highest BCUT2D eigenvalue weighted by atomic mass is 19.4. The highest BCUT2D eigenvalue weighted by molar-refractivity contribution is 5.81. The maximum atomic E-state index is 12.1. The van der Waals surface area contributed by atoms with Gasteiger partial charge in [0.2, 0.25) is 5.91 Å². The number of alkyl carbamates (subject to hydrolysis) is 1. The van der Waals surface area contributed by atoms with Gasteiger partial charge in [-0.1, -0.05) is 0 Å². The number of nitrogens with zero attached hydrogens (tertiary/aromatic N) is 1. The van der Waals surface area contributed by atoms with E-state index in [0.717, 1.165) is 0 Å². The normalized spacial score (nSPS) is 16.2. The third-order valence-electron chi connectivity index (χ3n) is 3.78. The zero-order valence-electron chi connectivity index (χ0n) is 15.2. The molecule has 0 spiro atoms. The summed E-state index contributed by atoms with van der Waals surface area (Å²) in [6, 6.07) is 0. The van der Waals surface area contributed by atoms with E-state index < -0.39 is 23.8 Å². The van der Waals surface area contributed by atoms with E-state index in [2.05, 4.69) is 5.32 Å². The molecule has 1 aliphatic rings. The monoisotopic (exact) mass is 381 g/mol. The summed E-state index contributed by atoms with van der Waals surface area (Å²) in [5.74, 6) is -2.17. The Labute approximate surface area is 150 Å². The van der Waals surface area contributed by atoms with Gasteiger partial charge in [-0.3, -0.25) is 9.59 Å². The van der Waals surface area contributed by atoms with Crippen molar-refractivity contribution in [2.75, 3.05) is 26.2 Å². The van der Waals surface area contributed by atoms with Gasteiger partial charge < -0.3 is 20.3 Å². The fraction of sp³-hybridized carbons (Fsp3) is 0.812. The van der Waals surface area contributed by atoms with Crippen molar-refractivity contribution in [3.8, 4) is 0 Å². The summed E-state index contributed by atoms with van der Waals surface area (Å²) in [6.45, 7) is 6.13. The van der Waals surface area contributed by atoms with E-state index in [-0.39, 0.29) is 31.3 Å². The summed E-state index contributed by atoms with van der Waals surface area (Å²) in [6.07, 6.45) is -4.32. The van der Waals surface area contributed by atoms with Crippen LogP contribution in [-0.4, -0.2) is 60.8 Å². The number of carbonyl (C=O) groups is 3. The Balaban J connectivity index is 2.23. The number of piperidine rings is 1. The van der Waals surface area contributed by atoms with Crippen LogP contribution in [0.15, 0.2) is 0 Å². The number of halogens is 3. The van der Waals surface area contributed by atoms with Crippen LogP contribution in [0.5, 0.6) is 0 Å². The van der Waals surface area contributed by atoms with Gasteiger partial charge in [-0.2, -0.15) is 13.2 Å². The summed E-state index contributed by atoms with van der Waals surface area (Å²) in [5.41, 5.74) is -0.614. The largest absolute Gasteiger partial charge is 0.471 e. The van der Waals surface area contributed by atoms with Crippen LogP contribution in [0.4, 0.5) is 18.0 Å². The lowest BCUT2D eigenvalue weighted by Crippen LogP contribution is -2.44. The van der Waals surface area contributed by atoms with Crippen molar-refractivity contribution in [3.63, 3.8) is 0 Å². The third kappa shape index (κ3) is 8.39. The Kier molecular flexibility index (Phi) is 7.70. The van der Waals surface area contributed by atoms with E-state index in [1.165, 1.54) is 0 Å². The van der Waals surface area contributed by atoms with E-state index >= 15 is 0 Å². The summed E-state index contributed by atoms with van der Waals surface area (Å²) < 4.78 is 41.5. The Bertz CT molecular complexity index is 510. The van der Waals surface area contributed by atoms with Gasteiger partial charge in [-0.05, 0) is 39.5 Å². The topological polar surface area (TPSA) is 87.7 Å². The van der Waals surface area contributed by atoms with Crippen LogP contribution in [0, 0.1) is 5.92 Å².